The maximum absolute atomic E-state index is 12.0. The van der Waals surface area contributed by atoms with E-state index in [0.717, 1.165) is 0 Å². The van der Waals surface area contributed by atoms with Gasteiger partial charge in [-0.1, -0.05) is 44.5 Å². The molecule has 24 heavy (non-hydrogen) atoms. The lowest BCUT2D eigenvalue weighted by atomic mass is 9.92. The van der Waals surface area contributed by atoms with Crippen LogP contribution in [0.2, 0.25) is 5.02 Å². The van der Waals surface area contributed by atoms with Crippen LogP contribution in [0.3, 0.4) is 0 Å². The second kappa shape index (κ2) is 8.68. The molecule has 1 atom stereocenters. The molecule has 0 spiro atoms. The number of aliphatic carboxylic acids is 1. The van der Waals surface area contributed by atoms with Crippen molar-refractivity contribution in [3.05, 3.63) is 34.9 Å². The molecule has 2 amide bonds. The lowest BCUT2D eigenvalue weighted by Gasteiger charge is -2.19. The van der Waals surface area contributed by atoms with Crippen LogP contribution in [0.4, 0.5) is 0 Å². The van der Waals surface area contributed by atoms with Gasteiger partial charge in [-0.25, -0.2) is 0 Å². The number of carbonyl (C=O) groups is 3. The minimum absolute atomic E-state index is 0.171. The van der Waals surface area contributed by atoms with Crippen molar-refractivity contribution in [3.8, 4) is 0 Å². The van der Waals surface area contributed by atoms with Crippen LogP contribution in [0.5, 0.6) is 0 Å². The summed E-state index contributed by atoms with van der Waals surface area (Å²) >= 11 is 5.81. The van der Waals surface area contributed by atoms with Gasteiger partial charge in [-0.05, 0) is 23.1 Å². The molecule has 3 N–H and O–H groups in total. The molecule has 0 fully saturated rings. The molecule has 6 nitrogen and oxygen atoms in total. The molecule has 0 heterocycles. The Kier molecular flexibility index (Phi) is 7.22. The van der Waals surface area contributed by atoms with Crippen molar-refractivity contribution in [2.45, 2.75) is 39.7 Å². The fourth-order valence-corrected chi connectivity index (χ4v) is 2.22. The van der Waals surface area contributed by atoms with E-state index in [-0.39, 0.29) is 24.3 Å². The largest absolute Gasteiger partial charge is 0.481 e. The molecule has 132 valence electrons. The third-order valence-electron chi connectivity index (χ3n) is 3.12. The van der Waals surface area contributed by atoms with Crippen LogP contribution in [0.1, 0.15) is 45.2 Å². The summed E-state index contributed by atoms with van der Waals surface area (Å²) in [5.74, 6) is -1.70. The number of benzene rings is 1. The smallest absolute Gasteiger partial charge is 0.305 e. The summed E-state index contributed by atoms with van der Waals surface area (Å²) in [7, 11) is 0. The highest BCUT2D eigenvalue weighted by molar-refractivity contribution is 6.30. The summed E-state index contributed by atoms with van der Waals surface area (Å²) in [5.41, 5.74) is 0.464. The van der Waals surface area contributed by atoms with E-state index in [0.29, 0.717) is 17.0 Å². The lowest BCUT2D eigenvalue weighted by Crippen LogP contribution is -2.40. The maximum Gasteiger partial charge on any atom is 0.305 e. The summed E-state index contributed by atoms with van der Waals surface area (Å²) in [6, 6.07) is 5.89. The molecule has 0 aromatic heterocycles. The van der Waals surface area contributed by atoms with Crippen LogP contribution in [-0.4, -0.2) is 29.4 Å². The Morgan fingerprint density at radius 3 is 2.21 bits per heavy atom. The van der Waals surface area contributed by atoms with Crippen LogP contribution in [-0.2, 0) is 14.4 Å². The lowest BCUT2D eigenvalue weighted by molar-refractivity contribution is -0.138. The standard InChI is InChI=1S/C17H23ClN2O4/c1-17(2,3)9-14(21)19-10-15(22)20-13(8-16(23)24)11-4-6-12(18)7-5-11/h4-7,13H,8-10H2,1-3H3,(H,19,21)(H,20,22)(H,23,24)/t13-/m0/s1. The van der Waals surface area contributed by atoms with Crippen LogP contribution in [0.25, 0.3) is 0 Å². The minimum Gasteiger partial charge on any atom is -0.481 e. The van der Waals surface area contributed by atoms with E-state index < -0.39 is 17.9 Å². The first kappa shape index (κ1) is 20.0. The second-order valence-corrected chi connectivity index (χ2v) is 7.22. The normalized spacial score (nSPS) is 12.3. The zero-order valence-corrected chi connectivity index (χ0v) is 14.8. The Balaban J connectivity index is 2.63. The number of hydrogen-bond donors (Lipinski definition) is 3. The number of carboxylic acid groups (broad SMARTS) is 1. The summed E-state index contributed by atoms with van der Waals surface area (Å²) in [4.78, 5) is 34.7. The highest BCUT2D eigenvalue weighted by Crippen LogP contribution is 2.20. The number of rotatable bonds is 7. The van der Waals surface area contributed by atoms with E-state index in [1.807, 2.05) is 20.8 Å². The molecule has 1 rings (SSSR count). The molecule has 0 unspecified atom stereocenters. The molecule has 0 bridgehead atoms. The summed E-state index contributed by atoms with van der Waals surface area (Å²) in [6.07, 6.45) is 0.0410. The fourth-order valence-electron chi connectivity index (χ4n) is 2.09. The van der Waals surface area contributed by atoms with Crippen LogP contribution >= 0.6 is 11.6 Å². The Morgan fingerprint density at radius 1 is 1.12 bits per heavy atom. The molecule has 7 heteroatoms. The molecule has 0 aliphatic heterocycles. The highest BCUT2D eigenvalue weighted by Gasteiger charge is 2.20. The van der Waals surface area contributed by atoms with Gasteiger partial charge in [-0.3, -0.25) is 14.4 Å². The predicted molar refractivity (Wildman–Crippen MR) is 91.7 cm³/mol. The van der Waals surface area contributed by atoms with Gasteiger partial charge >= 0.3 is 5.97 Å². The van der Waals surface area contributed by atoms with Crippen molar-refractivity contribution in [1.82, 2.24) is 10.6 Å². The van der Waals surface area contributed by atoms with Crippen LogP contribution in [0, 0.1) is 5.41 Å². The molecule has 1 aromatic carbocycles. The van der Waals surface area contributed by atoms with Gasteiger partial charge in [0.25, 0.3) is 0 Å². The Bertz CT molecular complexity index is 594. The third-order valence-corrected chi connectivity index (χ3v) is 3.38. The molecule has 0 saturated heterocycles. The molecule has 0 aliphatic carbocycles. The Morgan fingerprint density at radius 2 is 1.71 bits per heavy atom. The second-order valence-electron chi connectivity index (χ2n) is 6.78. The number of halogens is 1. The first-order valence-corrected chi connectivity index (χ1v) is 7.98. The molecular formula is C17H23ClN2O4. The van der Waals surface area contributed by atoms with Gasteiger partial charge in [0.05, 0.1) is 19.0 Å². The fraction of sp³-hybridized carbons (Fsp3) is 0.471. The van der Waals surface area contributed by atoms with Crippen molar-refractivity contribution in [2.75, 3.05) is 6.54 Å². The van der Waals surface area contributed by atoms with Gasteiger partial charge < -0.3 is 15.7 Å². The number of nitrogens with one attached hydrogen (secondary N) is 2. The molecule has 0 aliphatic rings. The van der Waals surface area contributed by atoms with Gasteiger partial charge in [-0.15, -0.1) is 0 Å². The van der Waals surface area contributed by atoms with Crippen molar-refractivity contribution in [2.24, 2.45) is 5.41 Å². The average molecular weight is 355 g/mol. The number of carbonyl (C=O) groups excluding carboxylic acids is 2. The Hall–Kier alpha value is -2.08. The highest BCUT2D eigenvalue weighted by atomic mass is 35.5. The summed E-state index contributed by atoms with van der Waals surface area (Å²) in [6.45, 7) is 5.58. The van der Waals surface area contributed by atoms with E-state index in [1.165, 1.54) is 0 Å². The first-order chi connectivity index (χ1) is 11.1. The van der Waals surface area contributed by atoms with E-state index in [1.54, 1.807) is 24.3 Å². The summed E-state index contributed by atoms with van der Waals surface area (Å²) in [5, 5.41) is 14.7. The molecule has 0 radical (unpaired) electrons. The van der Waals surface area contributed by atoms with Gasteiger partial charge in [0.1, 0.15) is 0 Å². The average Bonchev–Trinajstić information content (AvgIpc) is 2.43. The van der Waals surface area contributed by atoms with E-state index in [9.17, 15) is 14.4 Å². The van der Waals surface area contributed by atoms with Crippen molar-refractivity contribution in [1.29, 1.82) is 0 Å². The van der Waals surface area contributed by atoms with E-state index in [4.69, 9.17) is 16.7 Å². The third kappa shape index (κ3) is 7.97. The minimum atomic E-state index is -1.04. The van der Waals surface area contributed by atoms with Crippen molar-refractivity contribution >= 4 is 29.4 Å². The van der Waals surface area contributed by atoms with Gasteiger partial charge in [0.15, 0.2) is 0 Å². The van der Waals surface area contributed by atoms with E-state index in [2.05, 4.69) is 10.6 Å². The Labute approximate surface area is 146 Å². The maximum atomic E-state index is 12.0. The molecular weight excluding hydrogens is 332 g/mol. The summed E-state index contributed by atoms with van der Waals surface area (Å²) < 4.78 is 0. The van der Waals surface area contributed by atoms with Crippen LogP contribution in [0.15, 0.2) is 24.3 Å². The number of hydrogen-bond acceptors (Lipinski definition) is 3. The molecule has 1 aromatic rings. The SMILES string of the molecule is CC(C)(C)CC(=O)NCC(=O)N[C@@H](CC(=O)O)c1ccc(Cl)cc1. The van der Waals surface area contributed by atoms with Gasteiger partial charge in [0.2, 0.25) is 11.8 Å². The zero-order valence-electron chi connectivity index (χ0n) is 14.1. The van der Waals surface area contributed by atoms with E-state index >= 15 is 0 Å². The monoisotopic (exact) mass is 354 g/mol. The number of carboxylic acids is 1. The van der Waals surface area contributed by atoms with Gasteiger partial charge in [0, 0.05) is 11.4 Å². The zero-order chi connectivity index (χ0) is 18.3. The topological polar surface area (TPSA) is 95.5 Å². The first-order valence-electron chi connectivity index (χ1n) is 7.60. The number of amides is 2. The quantitative estimate of drug-likeness (QED) is 0.701. The van der Waals surface area contributed by atoms with Crippen LogP contribution < -0.4 is 10.6 Å². The van der Waals surface area contributed by atoms with Crippen molar-refractivity contribution < 1.29 is 19.5 Å². The molecule has 0 saturated carbocycles. The van der Waals surface area contributed by atoms with Gasteiger partial charge in [-0.2, -0.15) is 0 Å². The van der Waals surface area contributed by atoms with Crippen molar-refractivity contribution in [3.63, 3.8) is 0 Å². The predicted octanol–water partition coefficient (Wildman–Crippen LogP) is 2.52.